The van der Waals surface area contributed by atoms with E-state index in [9.17, 15) is 14.9 Å². The molecule has 2 rings (SSSR count). The monoisotopic (exact) mass is 289 g/mol. The Kier molecular flexibility index (Phi) is 4.50. The number of anilines is 2. The second-order valence-corrected chi connectivity index (χ2v) is 4.41. The predicted octanol–water partition coefficient (Wildman–Crippen LogP) is 2.91. The smallest absolute Gasteiger partial charge is 0.308 e. The molecule has 0 unspecified atom stereocenters. The van der Waals surface area contributed by atoms with Gasteiger partial charge in [-0.25, -0.2) is 4.79 Å². The average molecular weight is 289 g/mol. The van der Waals surface area contributed by atoms with Crippen LogP contribution in [0.25, 0.3) is 0 Å². The Labute approximate surface area is 120 Å². The zero-order valence-electron chi connectivity index (χ0n) is 11.4. The SMILES string of the molecule is CCCc1cc(NC(=O)Nc2ccc([N+](=O)[O-])cc2)n[nH]1. The van der Waals surface area contributed by atoms with E-state index in [1.54, 1.807) is 6.07 Å². The van der Waals surface area contributed by atoms with Crippen LogP contribution < -0.4 is 10.6 Å². The van der Waals surface area contributed by atoms with Crippen LogP contribution in [0.2, 0.25) is 0 Å². The van der Waals surface area contributed by atoms with Crippen LogP contribution in [0, 0.1) is 10.1 Å². The van der Waals surface area contributed by atoms with Crippen LogP contribution in [0.3, 0.4) is 0 Å². The molecule has 0 radical (unpaired) electrons. The fraction of sp³-hybridized carbons (Fsp3) is 0.231. The summed E-state index contributed by atoms with van der Waals surface area (Å²) < 4.78 is 0. The molecule has 0 saturated heterocycles. The fourth-order valence-corrected chi connectivity index (χ4v) is 1.77. The van der Waals surface area contributed by atoms with Gasteiger partial charge in [0.25, 0.3) is 5.69 Å². The molecule has 8 heteroatoms. The Hall–Kier alpha value is -2.90. The number of carbonyl (C=O) groups excluding carboxylic acids is 1. The van der Waals surface area contributed by atoms with Gasteiger partial charge in [-0.2, -0.15) is 5.10 Å². The zero-order chi connectivity index (χ0) is 15.2. The number of aryl methyl sites for hydroxylation is 1. The minimum Gasteiger partial charge on any atom is -0.308 e. The van der Waals surface area contributed by atoms with Crippen molar-refractivity contribution in [2.75, 3.05) is 10.6 Å². The van der Waals surface area contributed by atoms with Crippen molar-refractivity contribution in [1.82, 2.24) is 10.2 Å². The van der Waals surface area contributed by atoms with Gasteiger partial charge in [-0.1, -0.05) is 13.3 Å². The van der Waals surface area contributed by atoms with Crippen LogP contribution in [-0.2, 0) is 6.42 Å². The first-order chi connectivity index (χ1) is 10.1. The topological polar surface area (TPSA) is 113 Å². The quantitative estimate of drug-likeness (QED) is 0.580. The Morgan fingerprint density at radius 2 is 2.05 bits per heavy atom. The molecule has 1 aromatic carbocycles. The van der Waals surface area contributed by atoms with Crippen molar-refractivity contribution >= 4 is 23.2 Å². The molecule has 0 bridgehead atoms. The van der Waals surface area contributed by atoms with E-state index in [0.717, 1.165) is 18.5 Å². The Balaban J connectivity index is 1.92. The van der Waals surface area contributed by atoms with Crippen LogP contribution in [0.15, 0.2) is 30.3 Å². The number of H-pyrrole nitrogens is 1. The van der Waals surface area contributed by atoms with E-state index in [2.05, 4.69) is 27.8 Å². The lowest BCUT2D eigenvalue weighted by molar-refractivity contribution is -0.384. The molecule has 0 atom stereocenters. The summed E-state index contributed by atoms with van der Waals surface area (Å²) >= 11 is 0. The van der Waals surface area contributed by atoms with Crippen molar-refractivity contribution in [3.63, 3.8) is 0 Å². The van der Waals surface area contributed by atoms with Crippen molar-refractivity contribution in [3.05, 3.63) is 46.1 Å². The van der Waals surface area contributed by atoms with Crippen LogP contribution in [0.1, 0.15) is 19.0 Å². The van der Waals surface area contributed by atoms with Gasteiger partial charge in [-0.3, -0.25) is 20.5 Å². The van der Waals surface area contributed by atoms with Crippen molar-refractivity contribution < 1.29 is 9.72 Å². The third-order valence-corrected chi connectivity index (χ3v) is 2.73. The van der Waals surface area contributed by atoms with Crippen molar-refractivity contribution in [3.8, 4) is 0 Å². The number of nitro groups is 1. The minimum absolute atomic E-state index is 0.0301. The maximum atomic E-state index is 11.8. The molecular formula is C13H15N5O3. The van der Waals surface area contributed by atoms with Crippen LogP contribution in [0.5, 0.6) is 0 Å². The first-order valence-corrected chi connectivity index (χ1v) is 6.45. The lowest BCUT2D eigenvalue weighted by atomic mass is 10.2. The molecule has 110 valence electrons. The molecule has 0 spiro atoms. The van der Waals surface area contributed by atoms with Gasteiger partial charge in [0, 0.05) is 29.6 Å². The third kappa shape index (κ3) is 4.03. The molecule has 0 saturated carbocycles. The number of nitro benzene ring substituents is 1. The summed E-state index contributed by atoms with van der Waals surface area (Å²) in [4.78, 5) is 21.8. The lowest BCUT2D eigenvalue weighted by Crippen LogP contribution is -2.19. The molecular weight excluding hydrogens is 274 g/mol. The van der Waals surface area contributed by atoms with Gasteiger partial charge in [-0.05, 0) is 18.6 Å². The average Bonchev–Trinajstić information content (AvgIpc) is 2.87. The molecule has 0 aliphatic rings. The fourth-order valence-electron chi connectivity index (χ4n) is 1.77. The van der Waals surface area contributed by atoms with Crippen molar-refractivity contribution in [2.45, 2.75) is 19.8 Å². The summed E-state index contributed by atoms with van der Waals surface area (Å²) in [5, 5.41) is 22.5. The van der Waals surface area contributed by atoms with Crippen LogP contribution >= 0.6 is 0 Å². The molecule has 21 heavy (non-hydrogen) atoms. The molecule has 3 N–H and O–H groups in total. The first-order valence-electron chi connectivity index (χ1n) is 6.45. The number of urea groups is 1. The summed E-state index contributed by atoms with van der Waals surface area (Å²) in [6.45, 7) is 2.05. The van der Waals surface area contributed by atoms with Crippen LogP contribution in [0.4, 0.5) is 22.0 Å². The predicted molar refractivity (Wildman–Crippen MR) is 78.3 cm³/mol. The van der Waals surface area contributed by atoms with E-state index in [-0.39, 0.29) is 5.69 Å². The lowest BCUT2D eigenvalue weighted by Gasteiger charge is -2.04. The van der Waals surface area contributed by atoms with E-state index < -0.39 is 11.0 Å². The summed E-state index contributed by atoms with van der Waals surface area (Å²) in [6, 6.07) is 6.87. The van der Waals surface area contributed by atoms with E-state index in [0.29, 0.717) is 11.5 Å². The normalized spacial score (nSPS) is 10.1. The highest BCUT2D eigenvalue weighted by Gasteiger charge is 2.08. The molecule has 0 aliphatic heterocycles. The molecule has 1 aromatic heterocycles. The molecule has 8 nitrogen and oxygen atoms in total. The number of aromatic amines is 1. The van der Waals surface area contributed by atoms with Gasteiger partial charge in [0.1, 0.15) is 0 Å². The van der Waals surface area contributed by atoms with Crippen LogP contribution in [-0.4, -0.2) is 21.2 Å². The van der Waals surface area contributed by atoms with Gasteiger partial charge >= 0.3 is 6.03 Å². The Morgan fingerprint density at radius 1 is 1.33 bits per heavy atom. The number of rotatable bonds is 5. The van der Waals surface area contributed by atoms with E-state index >= 15 is 0 Å². The van der Waals surface area contributed by atoms with Gasteiger partial charge in [0.2, 0.25) is 0 Å². The molecule has 2 aromatic rings. The van der Waals surface area contributed by atoms with E-state index in [1.807, 2.05) is 0 Å². The summed E-state index contributed by atoms with van der Waals surface area (Å²) in [6.07, 6.45) is 1.84. The van der Waals surface area contributed by atoms with E-state index in [1.165, 1.54) is 24.3 Å². The number of hydrogen-bond donors (Lipinski definition) is 3. The number of amides is 2. The van der Waals surface area contributed by atoms with Crippen molar-refractivity contribution in [2.24, 2.45) is 0 Å². The van der Waals surface area contributed by atoms with Gasteiger partial charge in [0.05, 0.1) is 4.92 Å². The van der Waals surface area contributed by atoms with Gasteiger partial charge in [-0.15, -0.1) is 0 Å². The number of aromatic nitrogens is 2. The zero-order valence-corrected chi connectivity index (χ0v) is 11.4. The van der Waals surface area contributed by atoms with Gasteiger partial charge < -0.3 is 5.32 Å². The highest BCUT2D eigenvalue weighted by molar-refractivity contribution is 5.99. The molecule has 0 aliphatic carbocycles. The van der Waals surface area contributed by atoms with Gasteiger partial charge in [0.15, 0.2) is 5.82 Å². The summed E-state index contributed by atoms with van der Waals surface area (Å²) in [5.74, 6) is 0.429. The van der Waals surface area contributed by atoms with E-state index in [4.69, 9.17) is 0 Å². The maximum Gasteiger partial charge on any atom is 0.324 e. The maximum absolute atomic E-state index is 11.8. The number of nitrogens with zero attached hydrogens (tertiary/aromatic N) is 2. The Bertz CT molecular complexity index is 636. The minimum atomic E-state index is -0.497. The summed E-state index contributed by atoms with van der Waals surface area (Å²) in [5.41, 5.74) is 1.38. The highest BCUT2D eigenvalue weighted by Crippen LogP contribution is 2.15. The third-order valence-electron chi connectivity index (χ3n) is 2.73. The number of nitrogens with one attached hydrogen (secondary N) is 3. The number of carbonyl (C=O) groups is 1. The number of non-ortho nitro benzene ring substituents is 1. The Morgan fingerprint density at radius 3 is 2.67 bits per heavy atom. The number of benzene rings is 1. The number of hydrogen-bond acceptors (Lipinski definition) is 4. The molecule has 0 fully saturated rings. The standard InChI is InChI=1S/C13H15N5O3/c1-2-3-10-8-12(17-16-10)15-13(19)14-9-4-6-11(7-5-9)18(20)21/h4-8H,2-3H2,1H3,(H3,14,15,16,17,19). The second-order valence-electron chi connectivity index (χ2n) is 4.41. The van der Waals surface area contributed by atoms with Crippen molar-refractivity contribution in [1.29, 1.82) is 0 Å². The largest absolute Gasteiger partial charge is 0.324 e. The molecule has 1 heterocycles. The molecule has 2 amide bonds. The second kappa shape index (κ2) is 6.51. The first kappa shape index (κ1) is 14.5. The highest BCUT2D eigenvalue weighted by atomic mass is 16.6. The summed E-state index contributed by atoms with van der Waals surface area (Å²) in [7, 11) is 0.